The smallest absolute Gasteiger partial charge is 0.255 e. The van der Waals surface area contributed by atoms with Gasteiger partial charge in [-0.3, -0.25) is 9.59 Å². The summed E-state index contributed by atoms with van der Waals surface area (Å²) in [5.74, 6) is 0.691. The van der Waals surface area contributed by atoms with E-state index in [1.165, 1.54) is 21.1 Å². The maximum Gasteiger partial charge on any atom is 0.255 e. The molecular weight excluding hydrogens is 282 g/mol. The molecule has 0 aliphatic carbocycles. The standard InChI is InChI=1S/C17H17NO4/c1-11(19)12-7-8-16(22-3)15(10-12)18-17(20)13-5-4-6-14(9-13)21-2/h4-10H,1-3H3,(H,18,20). The van der Waals surface area contributed by atoms with E-state index in [-0.39, 0.29) is 11.7 Å². The average Bonchev–Trinajstić information content (AvgIpc) is 2.54. The Morgan fingerprint density at radius 3 is 2.36 bits per heavy atom. The van der Waals surface area contributed by atoms with Crippen LogP contribution >= 0.6 is 0 Å². The second-order valence-corrected chi connectivity index (χ2v) is 4.66. The molecule has 0 radical (unpaired) electrons. The van der Waals surface area contributed by atoms with Gasteiger partial charge in [0.25, 0.3) is 5.91 Å². The van der Waals surface area contributed by atoms with E-state index in [1.54, 1.807) is 42.5 Å². The topological polar surface area (TPSA) is 64.6 Å². The van der Waals surface area contributed by atoms with Crippen LogP contribution in [-0.2, 0) is 0 Å². The fraction of sp³-hybridized carbons (Fsp3) is 0.176. The van der Waals surface area contributed by atoms with Crippen molar-refractivity contribution in [2.24, 2.45) is 0 Å². The summed E-state index contributed by atoms with van der Waals surface area (Å²) in [6.45, 7) is 1.47. The van der Waals surface area contributed by atoms with E-state index >= 15 is 0 Å². The molecule has 0 saturated carbocycles. The van der Waals surface area contributed by atoms with Crippen molar-refractivity contribution < 1.29 is 19.1 Å². The van der Waals surface area contributed by atoms with Crippen molar-refractivity contribution in [1.29, 1.82) is 0 Å². The van der Waals surface area contributed by atoms with Crippen molar-refractivity contribution in [1.82, 2.24) is 0 Å². The van der Waals surface area contributed by atoms with Crippen molar-refractivity contribution in [3.63, 3.8) is 0 Å². The van der Waals surface area contributed by atoms with Crippen molar-refractivity contribution in [3.05, 3.63) is 53.6 Å². The van der Waals surface area contributed by atoms with Gasteiger partial charge >= 0.3 is 0 Å². The largest absolute Gasteiger partial charge is 0.497 e. The number of methoxy groups -OCH3 is 2. The number of anilines is 1. The van der Waals surface area contributed by atoms with Crippen LogP contribution in [0.5, 0.6) is 11.5 Å². The molecule has 0 fully saturated rings. The van der Waals surface area contributed by atoms with Crippen LogP contribution in [0.4, 0.5) is 5.69 Å². The predicted octanol–water partition coefficient (Wildman–Crippen LogP) is 3.16. The highest BCUT2D eigenvalue weighted by molar-refractivity contribution is 6.06. The Kier molecular flexibility index (Phi) is 4.78. The van der Waals surface area contributed by atoms with Gasteiger partial charge in [-0.25, -0.2) is 0 Å². The minimum absolute atomic E-state index is 0.0838. The minimum atomic E-state index is -0.307. The van der Waals surface area contributed by atoms with E-state index in [0.717, 1.165) is 0 Å². The Labute approximate surface area is 128 Å². The van der Waals surface area contributed by atoms with Crippen LogP contribution in [0.2, 0.25) is 0 Å². The third-order valence-electron chi connectivity index (χ3n) is 3.19. The second-order valence-electron chi connectivity index (χ2n) is 4.66. The maximum absolute atomic E-state index is 12.3. The fourth-order valence-electron chi connectivity index (χ4n) is 1.98. The van der Waals surface area contributed by atoms with Gasteiger partial charge in [0.15, 0.2) is 5.78 Å². The normalized spacial score (nSPS) is 9.95. The highest BCUT2D eigenvalue weighted by Gasteiger charge is 2.12. The van der Waals surface area contributed by atoms with E-state index in [1.807, 2.05) is 0 Å². The summed E-state index contributed by atoms with van der Waals surface area (Å²) >= 11 is 0. The number of carbonyl (C=O) groups is 2. The lowest BCUT2D eigenvalue weighted by Crippen LogP contribution is -2.13. The van der Waals surface area contributed by atoms with Gasteiger partial charge in [-0.2, -0.15) is 0 Å². The highest BCUT2D eigenvalue weighted by Crippen LogP contribution is 2.26. The third kappa shape index (κ3) is 3.44. The number of ketones is 1. The first-order chi connectivity index (χ1) is 10.5. The fourth-order valence-corrected chi connectivity index (χ4v) is 1.98. The van der Waals surface area contributed by atoms with Gasteiger partial charge in [0.05, 0.1) is 19.9 Å². The van der Waals surface area contributed by atoms with Crippen LogP contribution in [0.1, 0.15) is 27.6 Å². The first-order valence-corrected chi connectivity index (χ1v) is 6.69. The second kappa shape index (κ2) is 6.76. The molecule has 0 unspecified atom stereocenters. The zero-order chi connectivity index (χ0) is 16.1. The number of ether oxygens (including phenoxy) is 2. The Bertz CT molecular complexity index is 710. The Hall–Kier alpha value is -2.82. The zero-order valence-electron chi connectivity index (χ0n) is 12.7. The summed E-state index contributed by atoms with van der Waals surface area (Å²) in [7, 11) is 3.04. The number of hydrogen-bond acceptors (Lipinski definition) is 4. The summed E-state index contributed by atoms with van der Waals surface area (Å²) < 4.78 is 10.3. The Morgan fingerprint density at radius 2 is 1.73 bits per heavy atom. The molecular formula is C17H17NO4. The third-order valence-corrected chi connectivity index (χ3v) is 3.19. The number of amides is 1. The van der Waals surface area contributed by atoms with Crippen LogP contribution in [0, 0.1) is 0 Å². The van der Waals surface area contributed by atoms with Crippen LogP contribution < -0.4 is 14.8 Å². The molecule has 1 N–H and O–H groups in total. The number of rotatable bonds is 5. The van der Waals surface area contributed by atoms with Gasteiger partial charge in [-0.05, 0) is 43.3 Å². The molecule has 2 aromatic carbocycles. The lowest BCUT2D eigenvalue weighted by atomic mass is 10.1. The van der Waals surface area contributed by atoms with Crippen LogP contribution in [0.3, 0.4) is 0 Å². The predicted molar refractivity (Wildman–Crippen MR) is 83.9 cm³/mol. The molecule has 0 aliphatic heterocycles. The van der Waals surface area contributed by atoms with Crippen molar-refractivity contribution in [2.45, 2.75) is 6.92 Å². The van der Waals surface area contributed by atoms with Gasteiger partial charge in [0.2, 0.25) is 0 Å². The zero-order valence-corrected chi connectivity index (χ0v) is 12.7. The molecule has 2 rings (SSSR count). The number of benzene rings is 2. The summed E-state index contributed by atoms with van der Waals surface area (Å²) in [6, 6.07) is 11.7. The summed E-state index contributed by atoms with van der Waals surface area (Å²) in [6.07, 6.45) is 0. The molecule has 5 heteroatoms. The molecule has 22 heavy (non-hydrogen) atoms. The van der Waals surface area contributed by atoms with Crippen molar-refractivity contribution in [3.8, 4) is 11.5 Å². The van der Waals surface area contributed by atoms with Gasteiger partial charge in [0, 0.05) is 11.1 Å². The van der Waals surface area contributed by atoms with Gasteiger partial charge in [-0.1, -0.05) is 6.07 Å². The van der Waals surface area contributed by atoms with Crippen LogP contribution in [-0.4, -0.2) is 25.9 Å². The van der Waals surface area contributed by atoms with E-state index in [4.69, 9.17) is 9.47 Å². The first kappa shape index (κ1) is 15.6. The number of hydrogen-bond donors (Lipinski definition) is 1. The van der Waals surface area contributed by atoms with E-state index in [2.05, 4.69) is 5.32 Å². The Balaban J connectivity index is 2.30. The van der Waals surface area contributed by atoms with Crippen LogP contribution in [0.25, 0.3) is 0 Å². The highest BCUT2D eigenvalue weighted by atomic mass is 16.5. The van der Waals surface area contributed by atoms with Gasteiger partial charge < -0.3 is 14.8 Å². The summed E-state index contributed by atoms with van der Waals surface area (Å²) in [5.41, 5.74) is 1.40. The molecule has 0 bridgehead atoms. The molecule has 0 saturated heterocycles. The summed E-state index contributed by atoms with van der Waals surface area (Å²) in [4.78, 5) is 23.8. The quantitative estimate of drug-likeness (QED) is 0.861. The summed E-state index contributed by atoms with van der Waals surface area (Å²) in [5, 5.41) is 2.75. The molecule has 0 heterocycles. The molecule has 2 aromatic rings. The van der Waals surface area contributed by atoms with E-state index in [9.17, 15) is 9.59 Å². The average molecular weight is 299 g/mol. The molecule has 0 aromatic heterocycles. The molecule has 1 amide bonds. The van der Waals surface area contributed by atoms with Gasteiger partial charge in [-0.15, -0.1) is 0 Å². The molecule has 0 atom stereocenters. The molecule has 0 spiro atoms. The number of carbonyl (C=O) groups excluding carboxylic acids is 2. The number of nitrogens with one attached hydrogen (secondary N) is 1. The maximum atomic E-state index is 12.3. The van der Waals surface area contributed by atoms with Crippen molar-refractivity contribution in [2.75, 3.05) is 19.5 Å². The van der Waals surface area contributed by atoms with Gasteiger partial charge in [0.1, 0.15) is 11.5 Å². The molecule has 0 aliphatic rings. The molecule has 114 valence electrons. The lowest BCUT2D eigenvalue weighted by molar-refractivity contribution is 0.101. The SMILES string of the molecule is COc1cccc(C(=O)Nc2cc(C(C)=O)ccc2OC)c1. The Morgan fingerprint density at radius 1 is 0.955 bits per heavy atom. The monoisotopic (exact) mass is 299 g/mol. The van der Waals surface area contributed by atoms with Crippen molar-refractivity contribution >= 4 is 17.4 Å². The minimum Gasteiger partial charge on any atom is -0.497 e. The van der Waals surface area contributed by atoms with E-state index < -0.39 is 0 Å². The van der Waals surface area contributed by atoms with Crippen LogP contribution in [0.15, 0.2) is 42.5 Å². The lowest BCUT2D eigenvalue weighted by Gasteiger charge is -2.12. The first-order valence-electron chi connectivity index (χ1n) is 6.69. The molecule has 5 nitrogen and oxygen atoms in total. The number of Topliss-reactive ketones (excluding diaryl/α,β-unsaturated/α-hetero) is 1. The van der Waals surface area contributed by atoms with E-state index in [0.29, 0.717) is 28.3 Å².